The molecular weight excluding hydrogens is 370 g/mol. The number of fused-ring (bicyclic) bond motifs is 1. The minimum atomic E-state index is -3.21. The van der Waals surface area contributed by atoms with Crippen molar-refractivity contribution >= 4 is 32.7 Å². The third-order valence-electron chi connectivity index (χ3n) is 4.84. The number of sulfonamides is 1. The molecule has 27 heavy (non-hydrogen) atoms. The first kappa shape index (κ1) is 19.6. The van der Waals surface area contributed by atoms with E-state index in [9.17, 15) is 18.0 Å². The predicted molar refractivity (Wildman–Crippen MR) is 103 cm³/mol. The number of hydrogen-bond acceptors (Lipinski definition) is 5. The molecule has 2 heterocycles. The molecule has 148 valence electrons. The lowest BCUT2D eigenvalue weighted by Crippen LogP contribution is -2.37. The van der Waals surface area contributed by atoms with Crippen molar-refractivity contribution in [2.24, 2.45) is 7.05 Å². The number of anilines is 1. The molecule has 1 aromatic heterocycles. The van der Waals surface area contributed by atoms with E-state index in [1.54, 1.807) is 29.6 Å². The van der Waals surface area contributed by atoms with E-state index >= 15 is 0 Å². The molecule has 0 atom stereocenters. The summed E-state index contributed by atoms with van der Waals surface area (Å²) in [5.41, 5.74) is 1.61. The van der Waals surface area contributed by atoms with Gasteiger partial charge in [-0.15, -0.1) is 0 Å². The van der Waals surface area contributed by atoms with E-state index < -0.39 is 15.8 Å². The summed E-state index contributed by atoms with van der Waals surface area (Å²) in [5, 5.41) is 2.75. The van der Waals surface area contributed by atoms with Crippen LogP contribution in [0.2, 0.25) is 0 Å². The highest BCUT2D eigenvalue weighted by atomic mass is 32.2. The number of aryl methyl sites for hydroxylation is 1. The topological polar surface area (TPSA) is 102 Å². The molecule has 0 bridgehead atoms. The Bertz CT molecular complexity index is 971. The Balaban J connectivity index is 1.46. The Morgan fingerprint density at radius 1 is 1.19 bits per heavy atom. The maximum Gasteiger partial charge on any atom is 0.419 e. The molecular formula is C18H25N3O5S. The first-order valence-electron chi connectivity index (χ1n) is 9.24. The van der Waals surface area contributed by atoms with Gasteiger partial charge in [0.2, 0.25) is 15.9 Å². The fourth-order valence-electron chi connectivity index (χ4n) is 3.28. The number of hydrogen-bond donors (Lipinski definition) is 1. The number of benzene rings is 1. The summed E-state index contributed by atoms with van der Waals surface area (Å²) in [7, 11) is -1.59. The van der Waals surface area contributed by atoms with Crippen molar-refractivity contribution < 1.29 is 17.6 Å². The molecule has 1 fully saturated rings. The monoisotopic (exact) mass is 395 g/mol. The Morgan fingerprint density at radius 2 is 1.93 bits per heavy atom. The van der Waals surface area contributed by atoms with Gasteiger partial charge >= 0.3 is 5.76 Å². The van der Waals surface area contributed by atoms with Crippen LogP contribution in [0.1, 0.15) is 38.5 Å². The molecule has 0 spiro atoms. The van der Waals surface area contributed by atoms with Gasteiger partial charge in [0.05, 0.1) is 11.3 Å². The van der Waals surface area contributed by atoms with Gasteiger partial charge in [-0.3, -0.25) is 9.36 Å². The zero-order chi connectivity index (χ0) is 19.4. The van der Waals surface area contributed by atoms with Gasteiger partial charge in [0.1, 0.15) is 0 Å². The molecule has 9 heteroatoms. The molecule has 3 rings (SSSR count). The number of carbonyl (C=O) groups is 1. The smallest absolute Gasteiger partial charge is 0.408 e. The van der Waals surface area contributed by atoms with Crippen LogP contribution in [0.4, 0.5) is 5.69 Å². The van der Waals surface area contributed by atoms with Crippen LogP contribution < -0.4 is 11.1 Å². The number of unbranched alkanes of at least 4 members (excludes halogenated alkanes) is 1. The molecule has 1 aliphatic heterocycles. The average Bonchev–Trinajstić information content (AvgIpc) is 2.93. The standard InChI is InChI=1S/C18H25N3O5S/c1-20-15-9-8-14(13-16(15)26-18(20)23)19-17(22)7-3-6-12-27(24,25)21-10-4-2-5-11-21/h8-9,13H,2-7,10-12H2,1H3,(H,19,22). The van der Waals surface area contributed by atoms with Crippen molar-refractivity contribution in [2.45, 2.75) is 38.5 Å². The Hall–Kier alpha value is -2.13. The lowest BCUT2D eigenvalue weighted by molar-refractivity contribution is -0.116. The first-order valence-corrected chi connectivity index (χ1v) is 10.8. The van der Waals surface area contributed by atoms with E-state index in [2.05, 4.69) is 5.32 Å². The second-order valence-electron chi connectivity index (χ2n) is 6.89. The van der Waals surface area contributed by atoms with Crippen LogP contribution in [-0.4, -0.2) is 42.0 Å². The molecule has 0 saturated carbocycles. The predicted octanol–water partition coefficient (Wildman–Crippen LogP) is 2.06. The van der Waals surface area contributed by atoms with Gasteiger partial charge in [-0.2, -0.15) is 0 Å². The molecule has 1 aromatic carbocycles. The number of nitrogens with one attached hydrogen (secondary N) is 1. The number of oxazole rings is 1. The van der Waals surface area contributed by atoms with Crippen LogP contribution in [0.15, 0.2) is 27.4 Å². The van der Waals surface area contributed by atoms with Crippen LogP contribution in [-0.2, 0) is 21.9 Å². The van der Waals surface area contributed by atoms with Crippen LogP contribution >= 0.6 is 0 Å². The SMILES string of the molecule is Cn1c(=O)oc2cc(NC(=O)CCCCS(=O)(=O)N3CCCCC3)ccc21. The first-order chi connectivity index (χ1) is 12.9. The van der Waals surface area contributed by atoms with Crippen molar-refractivity contribution in [1.29, 1.82) is 0 Å². The van der Waals surface area contributed by atoms with Gasteiger partial charge < -0.3 is 9.73 Å². The Labute approximate surface area is 158 Å². The Morgan fingerprint density at radius 3 is 2.67 bits per heavy atom. The van der Waals surface area contributed by atoms with E-state index in [-0.39, 0.29) is 18.1 Å². The average molecular weight is 395 g/mol. The maximum absolute atomic E-state index is 12.3. The van der Waals surface area contributed by atoms with Gasteiger partial charge in [-0.1, -0.05) is 6.42 Å². The van der Waals surface area contributed by atoms with Gasteiger partial charge in [-0.05, 0) is 37.8 Å². The highest BCUT2D eigenvalue weighted by molar-refractivity contribution is 7.89. The summed E-state index contributed by atoms with van der Waals surface area (Å²) in [6.07, 6.45) is 4.14. The summed E-state index contributed by atoms with van der Waals surface area (Å²) in [4.78, 5) is 23.6. The molecule has 0 aliphatic carbocycles. The van der Waals surface area contributed by atoms with E-state index in [4.69, 9.17) is 4.42 Å². The number of aromatic nitrogens is 1. The van der Waals surface area contributed by atoms with E-state index in [1.165, 1.54) is 4.57 Å². The molecule has 1 amide bonds. The summed E-state index contributed by atoms with van der Waals surface area (Å²) in [6.45, 7) is 1.22. The highest BCUT2D eigenvalue weighted by Crippen LogP contribution is 2.18. The molecule has 1 N–H and O–H groups in total. The van der Waals surface area contributed by atoms with Crippen LogP contribution in [0.5, 0.6) is 0 Å². The highest BCUT2D eigenvalue weighted by Gasteiger charge is 2.23. The maximum atomic E-state index is 12.3. The number of carbonyl (C=O) groups excluding carboxylic acids is 1. The fourth-order valence-corrected chi connectivity index (χ4v) is 4.92. The van der Waals surface area contributed by atoms with Crippen molar-refractivity contribution in [3.05, 3.63) is 28.7 Å². The van der Waals surface area contributed by atoms with Crippen LogP contribution in [0.25, 0.3) is 11.1 Å². The largest absolute Gasteiger partial charge is 0.419 e. The summed E-state index contributed by atoms with van der Waals surface area (Å²) in [5.74, 6) is -0.562. The summed E-state index contributed by atoms with van der Waals surface area (Å²) < 4.78 is 32.6. The number of nitrogens with zero attached hydrogens (tertiary/aromatic N) is 2. The normalized spacial score (nSPS) is 15.9. The van der Waals surface area contributed by atoms with E-state index in [0.29, 0.717) is 42.7 Å². The molecule has 0 radical (unpaired) electrons. The summed E-state index contributed by atoms with van der Waals surface area (Å²) in [6, 6.07) is 5.02. The van der Waals surface area contributed by atoms with Crippen molar-refractivity contribution in [3.8, 4) is 0 Å². The molecule has 1 aliphatic rings. The molecule has 1 saturated heterocycles. The lowest BCUT2D eigenvalue weighted by atomic mass is 10.2. The Kier molecular flexibility index (Phi) is 6.01. The molecule has 0 unspecified atom stereocenters. The number of rotatable bonds is 7. The second-order valence-corrected chi connectivity index (χ2v) is 8.98. The fraction of sp³-hybridized carbons (Fsp3) is 0.556. The van der Waals surface area contributed by atoms with E-state index in [1.807, 2.05) is 0 Å². The van der Waals surface area contributed by atoms with E-state index in [0.717, 1.165) is 19.3 Å². The van der Waals surface area contributed by atoms with Crippen molar-refractivity contribution in [3.63, 3.8) is 0 Å². The zero-order valence-corrected chi connectivity index (χ0v) is 16.3. The third kappa shape index (κ3) is 4.78. The zero-order valence-electron chi connectivity index (χ0n) is 15.4. The molecule has 8 nitrogen and oxygen atoms in total. The second kappa shape index (κ2) is 8.26. The van der Waals surface area contributed by atoms with Gasteiger partial charge in [0.25, 0.3) is 0 Å². The van der Waals surface area contributed by atoms with Gasteiger partial charge in [0, 0.05) is 38.3 Å². The van der Waals surface area contributed by atoms with Gasteiger partial charge in [0.15, 0.2) is 5.58 Å². The van der Waals surface area contributed by atoms with Crippen molar-refractivity contribution in [1.82, 2.24) is 8.87 Å². The summed E-state index contributed by atoms with van der Waals surface area (Å²) >= 11 is 0. The number of amides is 1. The quantitative estimate of drug-likeness (QED) is 0.723. The number of piperidine rings is 1. The van der Waals surface area contributed by atoms with Gasteiger partial charge in [-0.25, -0.2) is 17.5 Å². The minimum absolute atomic E-state index is 0.0847. The third-order valence-corrected chi connectivity index (χ3v) is 6.80. The van der Waals surface area contributed by atoms with Crippen molar-refractivity contribution in [2.75, 3.05) is 24.2 Å². The lowest BCUT2D eigenvalue weighted by Gasteiger charge is -2.25. The minimum Gasteiger partial charge on any atom is -0.408 e. The molecule has 2 aromatic rings. The van der Waals surface area contributed by atoms with Crippen LogP contribution in [0.3, 0.4) is 0 Å². The van der Waals surface area contributed by atoms with Crippen LogP contribution in [0, 0.1) is 0 Å².